The third-order valence-corrected chi connectivity index (χ3v) is 5.72. The van der Waals surface area contributed by atoms with Gasteiger partial charge in [0.15, 0.2) is 0 Å². The Morgan fingerprint density at radius 3 is 2.60 bits per heavy atom. The zero-order valence-electron chi connectivity index (χ0n) is 14.8. The van der Waals surface area contributed by atoms with E-state index < -0.39 is 0 Å². The molecule has 0 spiro atoms. The number of amides is 1. The van der Waals surface area contributed by atoms with Crippen molar-refractivity contribution in [3.8, 4) is 5.75 Å². The minimum absolute atomic E-state index is 0.0182. The molecule has 5 heteroatoms. The lowest BCUT2D eigenvalue weighted by molar-refractivity contribution is 0.0881. The molecule has 0 saturated heterocycles. The van der Waals surface area contributed by atoms with E-state index in [0.29, 0.717) is 17.8 Å². The summed E-state index contributed by atoms with van der Waals surface area (Å²) in [5.74, 6) is 0.782. The van der Waals surface area contributed by atoms with Crippen LogP contribution in [-0.4, -0.2) is 36.1 Å². The van der Waals surface area contributed by atoms with E-state index in [2.05, 4.69) is 15.6 Å². The number of benzene rings is 1. The Bertz CT molecular complexity index is 748. The van der Waals surface area contributed by atoms with Crippen molar-refractivity contribution in [3.63, 3.8) is 0 Å². The van der Waals surface area contributed by atoms with Crippen molar-refractivity contribution >= 4 is 16.8 Å². The lowest BCUT2D eigenvalue weighted by Gasteiger charge is -2.41. The molecule has 25 heavy (non-hydrogen) atoms. The second-order valence-electron chi connectivity index (χ2n) is 7.40. The summed E-state index contributed by atoms with van der Waals surface area (Å²) in [6, 6.07) is 9.00. The molecule has 0 bridgehead atoms. The van der Waals surface area contributed by atoms with Crippen molar-refractivity contribution < 1.29 is 9.53 Å². The quantitative estimate of drug-likeness (QED) is 0.781. The zero-order chi connectivity index (χ0) is 17.2. The molecule has 1 heterocycles. The summed E-state index contributed by atoms with van der Waals surface area (Å²) < 4.78 is 5.25. The molecule has 2 fully saturated rings. The van der Waals surface area contributed by atoms with E-state index in [9.17, 15) is 4.79 Å². The molecule has 134 valence electrons. The van der Waals surface area contributed by atoms with E-state index >= 15 is 0 Å². The smallest absolute Gasteiger partial charge is 0.268 e. The third kappa shape index (κ3) is 3.52. The first-order valence-corrected chi connectivity index (χ1v) is 9.46. The standard InChI is InChI=1S/C20H27N3O2/c1-25-15-7-8-16-13(11-15)12-19(22-16)20(24)23-18-10-9-17(18)21-14-5-3-2-4-6-14/h7-8,11-12,14,17-18,21-22H,2-6,9-10H2,1H3,(H,23,24)/t17-,18+/m0/s1. The van der Waals surface area contributed by atoms with Crippen LogP contribution in [0.5, 0.6) is 5.75 Å². The van der Waals surface area contributed by atoms with Gasteiger partial charge in [0.1, 0.15) is 11.4 Å². The van der Waals surface area contributed by atoms with Crippen molar-refractivity contribution in [2.45, 2.75) is 63.1 Å². The molecule has 1 aromatic carbocycles. The number of fused-ring (bicyclic) bond motifs is 1. The van der Waals surface area contributed by atoms with E-state index in [4.69, 9.17) is 4.74 Å². The van der Waals surface area contributed by atoms with Crippen LogP contribution in [0.2, 0.25) is 0 Å². The number of methoxy groups -OCH3 is 1. The molecule has 0 radical (unpaired) electrons. The van der Waals surface area contributed by atoms with Gasteiger partial charge in [-0.3, -0.25) is 4.79 Å². The van der Waals surface area contributed by atoms with Crippen LogP contribution in [0.3, 0.4) is 0 Å². The summed E-state index contributed by atoms with van der Waals surface area (Å²) in [5, 5.41) is 7.96. The first-order chi connectivity index (χ1) is 12.2. The van der Waals surface area contributed by atoms with Gasteiger partial charge < -0.3 is 20.4 Å². The number of hydrogen-bond donors (Lipinski definition) is 3. The molecule has 0 unspecified atom stereocenters. The first kappa shape index (κ1) is 16.5. The van der Waals surface area contributed by atoms with Crippen molar-refractivity contribution in [2.24, 2.45) is 0 Å². The number of nitrogens with one attached hydrogen (secondary N) is 3. The van der Waals surface area contributed by atoms with Gasteiger partial charge in [0.05, 0.1) is 7.11 Å². The van der Waals surface area contributed by atoms with Crippen LogP contribution < -0.4 is 15.4 Å². The summed E-state index contributed by atoms with van der Waals surface area (Å²) >= 11 is 0. The molecular formula is C20H27N3O2. The second-order valence-corrected chi connectivity index (χ2v) is 7.40. The van der Waals surface area contributed by atoms with Crippen molar-refractivity contribution in [3.05, 3.63) is 30.0 Å². The van der Waals surface area contributed by atoms with Gasteiger partial charge in [0, 0.05) is 29.0 Å². The van der Waals surface area contributed by atoms with Gasteiger partial charge in [0.2, 0.25) is 0 Å². The first-order valence-electron chi connectivity index (χ1n) is 9.46. The highest BCUT2D eigenvalue weighted by Crippen LogP contribution is 2.26. The van der Waals surface area contributed by atoms with Crippen LogP contribution in [-0.2, 0) is 0 Å². The number of H-pyrrole nitrogens is 1. The largest absolute Gasteiger partial charge is 0.497 e. The van der Waals surface area contributed by atoms with Crippen LogP contribution in [0, 0.1) is 0 Å². The third-order valence-electron chi connectivity index (χ3n) is 5.72. The van der Waals surface area contributed by atoms with E-state index in [1.807, 2.05) is 24.3 Å². The molecule has 1 aromatic heterocycles. The Morgan fingerprint density at radius 2 is 1.88 bits per heavy atom. The Morgan fingerprint density at radius 1 is 1.08 bits per heavy atom. The Labute approximate surface area is 148 Å². The van der Waals surface area contributed by atoms with Crippen molar-refractivity contribution in [1.29, 1.82) is 0 Å². The highest BCUT2D eigenvalue weighted by Gasteiger charge is 2.34. The number of hydrogen-bond acceptors (Lipinski definition) is 3. The van der Waals surface area contributed by atoms with Gasteiger partial charge in [-0.2, -0.15) is 0 Å². The summed E-state index contributed by atoms with van der Waals surface area (Å²) in [4.78, 5) is 15.8. The minimum atomic E-state index is -0.0182. The van der Waals surface area contributed by atoms with Gasteiger partial charge in [-0.05, 0) is 49.9 Å². The number of aromatic nitrogens is 1. The zero-order valence-corrected chi connectivity index (χ0v) is 14.8. The normalized spacial score (nSPS) is 24.0. The monoisotopic (exact) mass is 341 g/mol. The van der Waals surface area contributed by atoms with E-state index in [1.54, 1.807) is 7.11 Å². The maximum Gasteiger partial charge on any atom is 0.268 e. The van der Waals surface area contributed by atoms with Gasteiger partial charge in [-0.25, -0.2) is 0 Å². The highest BCUT2D eigenvalue weighted by molar-refractivity contribution is 5.98. The SMILES string of the molecule is COc1ccc2[nH]c(C(=O)N[C@@H]3CC[C@@H]3NC3CCCCC3)cc2c1. The average molecular weight is 341 g/mol. The Balaban J connectivity index is 1.38. The number of rotatable bonds is 5. The molecule has 5 nitrogen and oxygen atoms in total. The maximum absolute atomic E-state index is 12.6. The summed E-state index contributed by atoms with van der Waals surface area (Å²) in [5.41, 5.74) is 1.57. The van der Waals surface area contributed by atoms with Gasteiger partial charge in [0.25, 0.3) is 5.91 Å². The molecule has 1 amide bonds. The topological polar surface area (TPSA) is 66.2 Å². The number of ether oxygens (including phenoxy) is 1. The summed E-state index contributed by atoms with van der Waals surface area (Å²) in [6.45, 7) is 0. The molecule has 2 saturated carbocycles. The molecule has 0 aliphatic heterocycles. The van der Waals surface area contributed by atoms with E-state index in [1.165, 1.54) is 32.1 Å². The predicted octanol–water partition coefficient (Wildman–Crippen LogP) is 3.36. The summed E-state index contributed by atoms with van der Waals surface area (Å²) in [6.07, 6.45) is 8.81. The van der Waals surface area contributed by atoms with E-state index in [0.717, 1.165) is 29.5 Å². The Kier molecular flexibility index (Phi) is 4.66. The van der Waals surface area contributed by atoms with Gasteiger partial charge in [-0.15, -0.1) is 0 Å². The van der Waals surface area contributed by atoms with Crippen LogP contribution >= 0.6 is 0 Å². The minimum Gasteiger partial charge on any atom is -0.497 e. The number of aromatic amines is 1. The molecule has 2 aliphatic rings. The van der Waals surface area contributed by atoms with Crippen LogP contribution in [0.4, 0.5) is 0 Å². The van der Waals surface area contributed by atoms with Crippen molar-refractivity contribution in [1.82, 2.24) is 15.6 Å². The maximum atomic E-state index is 12.6. The van der Waals surface area contributed by atoms with Crippen molar-refractivity contribution in [2.75, 3.05) is 7.11 Å². The van der Waals surface area contributed by atoms with Gasteiger partial charge >= 0.3 is 0 Å². The molecule has 4 rings (SSSR count). The van der Waals surface area contributed by atoms with E-state index in [-0.39, 0.29) is 11.9 Å². The fourth-order valence-electron chi connectivity index (χ4n) is 4.05. The fraction of sp³-hybridized carbons (Fsp3) is 0.550. The Hall–Kier alpha value is -2.01. The highest BCUT2D eigenvalue weighted by atomic mass is 16.5. The van der Waals surface area contributed by atoms with Crippen LogP contribution in [0.25, 0.3) is 10.9 Å². The van der Waals surface area contributed by atoms with Crippen LogP contribution in [0.15, 0.2) is 24.3 Å². The summed E-state index contributed by atoms with van der Waals surface area (Å²) in [7, 11) is 1.65. The average Bonchev–Trinajstić information content (AvgIpc) is 3.07. The predicted molar refractivity (Wildman–Crippen MR) is 99.1 cm³/mol. The lowest BCUT2D eigenvalue weighted by atomic mass is 9.84. The van der Waals surface area contributed by atoms with Crippen LogP contribution in [0.1, 0.15) is 55.4 Å². The molecular weight excluding hydrogens is 314 g/mol. The van der Waals surface area contributed by atoms with Gasteiger partial charge in [-0.1, -0.05) is 19.3 Å². The fourth-order valence-corrected chi connectivity index (χ4v) is 4.05. The molecule has 2 atom stereocenters. The number of carbonyl (C=O) groups is 1. The molecule has 3 N–H and O–H groups in total. The second kappa shape index (κ2) is 7.08. The number of carbonyl (C=O) groups excluding carboxylic acids is 1. The lowest BCUT2D eigenvalue weighted by Crippen LogP contribution is -2.59. The molecule has 2 aromatic rings. The molecule has 2 aliphatic carbocycles.